The van der Waals surface area contributed by atoms with Gasteiger partial charge in [-0.25, -0.2) is 0 Å². The van der Waals surface area contributed by atoms with Gasteiger partial charge in [0.05, 0.1) is 6.04 Å². The molecule has 0 bridgehead atoms. The first-order valence-corrected chi connectivity index (χ1v) is 13.3. The molecule has 2 heterocycles. The molecule has 0 radical (unpaired) electrons. The van der Waals surface area contributed by atoms with Gasteiger partial charge in [-0.2, -0.15) is 0 Å². The molecule has 2 atom stereocenters. The molecule has 2 saturated heterocycles. The molecular formula is C30H35N3O4. The fourth-order valence-corrected chi connectivity index (χ4v) is 5.67. The molecule has 3 aliphatic rings. The van der Waals surface area contributed by atoms with Gasteiger partial charge in [-0.3, -0.25) is 14.4 Å². The topological polar surface area (TPSA) is 92.9 Å². The molecule has 2 aliphatic heterocycles. The maximum Gasteiger partial charge on any atom is 0.289 e. The molecule has 5 rings (SSSR count). The first kappa shape index (κ1) is 25.1. The molecule has 1 saturated carbocycles. The number of ether oxygens (including phenoxy) is 1. The maximum atomic E-state index is 13.6. The normalized spacial score (nSPS) is 23.5. The van der Waals surface area contributed by atoms with Gasteiger partial charge in [0.15, 0.2) is 5.76 Å². The zero-order valence-electron chi connectivity index (χ0n) is 21.4. The Balaban J connectivity index is 1.30. The van der Waals surface area contributed by atoms with Crippen LogP contribution < -0.4 is 5.73 Å². The first-order valence-electron chi connectivity index (χ1n) is 13.3. The highest BCUT2D eigenvalue weighted by Gasteiger charge is 2.41. The minimum absolute atomic E-state index is 0.00679. The van der Waals surface area contributed by atoms with Gasteiger partial charge < -0.3 is 20.3 Å². The lowest BCUT2D eigenvalue weighted by molar-refractivity contribution is -0.149. The van der Waals surface area contributed by atoms with Crippen molar-refractivity contribution in [1.82, 2.24) is 9.80 Å². The molecular weight excluding hydrogens is 466 g/mol. The second-order valence-corrected chi connectivity index (χ2v) is 10.5. The summed E-state index contributed by atoms with van der Waals surface area (Å²) in [6, 6.07) is 15.7. The molecule has 194 valence electrons. The van der Waals surface area contributed by atoms with E-state index in [1.54, 1.807) is 23.1 Å². The lowest BCUT2D eigenvalue weighted by Crippen LogP contribution is -2.54. The third-order valence-corrected chi connectivity index (χ3v) is 7.93. The average molecular weight is 502 g/mol. The highest BCUT2D eigenvalue weighted by molar-refractivity contribution is 5.97. The number of amides is 3. The number of hydrogen-bond acceptors (Lipinski definition) is 4. The number of likely N-dealkylation sites (tertiary alicyclic amines) is 1. The Labute approximate surface area is 218 Å². The Morgan fingerprint density at radius 2 is 1.65 bits per heavy atom. The fourth-order valence-electron chi connectivity index (χ4n) is 5.67. The summed E-state index contributed by atoms with van der Waals surface area (Å²) in [4.78, 5) is 41.6. The number of hydrogen-bond donors (Lipinski definition) is 1. The number of nitrogens with zero attached hydrogens (tertiary/aromatic N) is 2. The van der Waals surface area contributed by atoms with E-state index in [0.29, 0.717) is 43.8 Å². The van der Waals surface area contributed by atoms with Crippen LogP contribution in [0.3, 0.4) is 0 Å². The van der Waals surface area contributed by atoms with Gasteiger partial charge in [0.25, 0.3) is 11.8 Å². The van der Waals surface area contributed by atoms with Gasteiger partial charge in [0.1, 0.15) is 6.10 Å². The predicted molar refractivity (Wildman–Crippen MR) is 141 cm³/mol. The summed E-state index contributed by atoms with van der Waals surface area (Å²) < 4.78 is 6.25. The van der Waals surface area contributed by atoms with E-state index in [1.807, 2.05) is 17.0 Å². The number of carbonyl (C=O) groups excluding carboxylic acids is 3. The number of carbonyl (C=O) groups is 3. The summed E-state index contributed by atoms with van der Waals surface area (Å²) in [6.45, 7) is 3.69. The summed E-state index contributed by atoms with van der Waals surface area (Å²) in [5.41, 5.74) is 9.13. The lowest BCUT2D eigenvalue weighted by Gasteiger charge is -2.44. The molecule has 7 heteroatoms. The van der Waals surface area contributed by atoms with Crippen LogP contribution in [-0.4, -0.2) is 52.8 Å². The quantitative estimate of drug-likeness (QED) is 0.626. The van der Waals surface area contributed by atoms with Crippen LogP contribution >= 0.6 is 0 Å². The molecule has 2 aromatic rings. The molecule has 7 nitrogen and oxygen atoms in total. The van der Waals surface area contributed by atoms with Crippen molar-refractivity contribution in [3.8, 4) is 0 Å². The van der Waals surface area contributed by atoms with E-state index in [2.05, 4.69) is 31.2 Å². The van der Waals surface area contributed by atoms with Crippen molar-refractivity contribution in [3.05, 3.63) is 76.5 Å². The van der Waals surface area contributed by atoms with Gasteiger partial charge in [-0.15, -0.1) is 0 Å². The molecule has 2 N–H and O–H groups in total. The molecule has 3 fully saturated rings. The van der Waals surface area contributed by atoms with Crippen LogP contribution in [0.1, 0.15) is 65.6 Å². The van der Waals surface area contributed by atoms with Crippen LogP contribution in [0.5, 0.6) is 0 Å². The van der Waals surface area contributed by atoms with Crippen molar-refractivity contribution in [3.63, 3.8) is 0 Å². The minimum atomic E-state index is -0.291. The first-order chi connectivity index (χ1) is 17.9. The Morgan fingerprint density at radius 1 is 0.973 bits per heavy atom. The van der Waals surface area contributed by atoms with Crippen molar-refractivity contribution >= 4 is 23.8 Å². The molecule has 3 amide bonds. The van der Waals surface area contributed by atoms with Crippen molar-refractivity contribution in [2.45, 2.75) is 64.1 Å². The number of rotatable bonds is 5. The van der Waals surface area contributed by atoms with E-state index < -0.39 is 0 Å². The van der Waals surface area contributed by atoms with Gasteiger partial charge in [-0.1, -0.05) is 48.4 Å². The van der Waals surface area contributed by atoms with Crippen LogP contribution in [0, 0.1) is 12.8 Å². The Bertz CT molecular complexity index is 1180. The van der Waals surface area contributed by atoms with Crippen molar-refractivity contribution in [2.24, 2.45) is 11.7 Å². The summed E-state index contributed by atoms with van der Waals surface area (Å²) in [5.74, 6) is -0.216. The summed E-state index contributed by atoms with van der Waals surface area (Å²) in [6.07, 6.45) is 7.13. The second kappa shape index (κ2) is 10.8. The maximum absolute atomic E-state index is 13.6. The molecule has 0 spiro atoms. The minimum Gasteiger partial charge on any atom is -0.482 e. The number of primary amides is 1. The highest BCUT2D eigenvalue weighted by atomic mass is 16.5. The van der Waals surface area contributed by atoms with E-state index in [1.165, 1.54) is 5.56 Å². The summed E-state index contributed by atoms with van der Waals surface area (Å²) >= 11 is 0. The van der Waals surface area contributed by atoms with E-state index in [0.717, 1.165) is 36.8 Å². The van der Waals surface area contributed by atoms with Gasteiger partial charge in [-0.05, 0) is 68.4 Å². The molecule has 2 unspecified atom stereocenters. The standard InChI is InChI=1S/C30H35N3O4/c1-20-6-8-22(9-7-20)19-33-25-4-2-3-5-26(25)37-27(30(33)36)18-21-10-12-24(13-11-21)29(35)32-16-14-23(15-17-32)28(31)34/h6-13,18,23,25-26H,2-5,14-17,19H2,1H3,(H2,31,34)/b27-18+. The smallest absolute Gasteiger partial charge is 0.289 e. The number of piperidine rings is 1. The largest absolute Gasteiger partial charge is 0.482 e. The van der Waals surface area contributed by atoms with E-state index >= 15 is 0 Å². The zero-order chi connectivity index (χ0) is 25.9. The number of morpholine rings is 1. The molecule has 1 aliphatic carbocycles. The van der Waals surface area contributed by atoms with E-state index in [4.69, 9.17) is 10.5 Å². The van der Waals surface area contributed by atoms with Crippen LogP contribution in [0.4, 0.5) is 0 Å². The van der Waals surface area contributed by atoms with Gasteiger partial charge in [0, 0.05) is 31.1 Å². The van der Waals surface area contributed by atoms with Crippen LogP contribution in [0.15, 0.2) is 54.3 Å². The molecule has 37 heavy (non-hydrogen) atoms. The molecule has 2 aromatic carbocycles. The van der Waals surface area contributed by atoms with Crippen LogP contribution in [0.25, 0.3) is 6.08 Å². The zero-order valence-corrected chi connectivity index (χ0v) is 21.4. The highest BCUT2D eigenvalue weighted by Crippen LogP contribution is 2.34. The lowest BCUT2D eigenvalue weighted by atomic mass is 9.89. The van der Waals surface area contributed by atoms with Crippen molar-refractivity contribution < 1.29 is 19.1 Å². The van der Waals surface area contributed by atoms with Crippen molar-refractivity contribution in [2.75, 3.05) is 13.1 Å². The Hall–Kier alpha value is -3.61. The Morgan fingerprint density at radius 3 is 2.32 bits per heavy atom. The van der Waals surface area contributed by atoms with Crippen LogP contribution in [-0.2, 0) is 20.9 Å². The summed E-state index contributed by atoms with van der Waals surface area (Å²) in [7, 11) is 0. The van der Waals surface area contributed by atoms with Crippen LogP contribution in [0.2, 0.25) is 0 Å². The Kier molecular flexibility index (Phi) is 7.31. The third-order valence-electron chi connectivity index (χ3n) is 7.93. The van der Waals surface area contributed by atoms with E-state index in [-0.39, 0.29) is 35.8 Å². The van der Waals surface area contributed by atoms with E-state index in [9.17, 15) is 14.4 Å². The average Bonchev–Trinajstić information content (AvgIpc) is 2.92. The number of aryl methyl sites for hydroxylation is 1. The van der Waals surface area contributed by atoms with Gasteiger partial charge >= 0.3 is 0 Å². The monoisotopic (exact) mass is 501 g/mol. The summed E-state index contributed by atoms with van der Waals surface area (Å²) in [5, 5.41) is 0. The number of benzene rings is 2. The molecule has 0 aromatic heterocycles. The third kappa shape index (κ3) is 5.55. The predicted octanol–water partition coefficient (Wildman–Crippen LogP) is 4.04. The fraction of sp³-hybridized carbons (Fsp3) is 0.433. The second-order valence-electron chi connectivity index (χ2n) is 10.5. The van der Waals surface area contributed by atoms with Crippen molar-refractivity contribution in [1.29, 1.82) is 0 Å². The number of nitrogens with two attached hydrogens (primary N) is 1. The number of fused-ring (bicyclic) bond motifs is 1. The van der Waals surface area contributed by atoms with Gasteiger partial charge in [0.2, 0.25) is 5.91 Å². The SMILES string of the molecule is Cc1ccc(CN2C(=O)/C(=C\c3ccc(C(=O)N4CCC(C(N)=O)CC4)cc3)OC3CCCCC32)cc1.